The van der Waals surface area contributed by atoms with Crippen molar-refractivity contribution >= 4 is 27.3 Å². The summed E-state index contributed by atoms with van der Waals surface area (Å²) in [5.74, 6) is -2.57. The molecule has 2 N–H and O–H groups in total. The van der Waals surface area contributed by atoms with Gasteiger partial charge in [-0.1, -0.05) is 0 Å². The fourth-order valence-corrected chi connectivity index (χ4v) is 2.91. The molecular weight excluding hydrogens is 260 g/mol. The summed E-state index contributed by atoms with van der Waals surface area (Å²) in [4.78, 5) is 0. The van der Waals surface area contributed by atoms with Gasteiger partial charge >= 0.3 is 0 Å². The van der Waals surface area contributed by atoms with Crippen LogP contribution >= 0.6 is 27.3 Å². The molecule has 13 heavy (non-hydrogen) atoms. The quantitative estimate of drug-likeness (QED) is 0.832. The first-order valence-corrected chi connectivity index (χ1v) is 5.50. The molecule has 0 atom stereocenters. The van der Waals surface area contributed by atoms with Crippen LogP contribution in [0.4, 0.5) is 8.78 Å². The third-order valence-electron chi connectivity index (χ3n) is 2.29. The Morgan fingerprint density at radius 3 is 2.46 bits per heavy atom. The average Bonchev–Trinajstić information content (AvgIpc) is 2.31. The maximum Gasteiger partial charge on any atom is 0.252 e. The normalized spacial score (nSPS) is 24.0. The lowest BCUT2D eigenvalue weighted by Crippen LogP contribution is -2.55. The second-order valence-corrected chi connectivity index (χ2v) is 5.80. The van der Waals surface area contributed by atoms with Crippen LogP contribution in [0.2, 0.25) is 0 Å². The van der Waals surface area contributed by atoms with Crippen LogP contribution in [0.5, 0.6) is 0 Å². The van der Waals surface area contributed by atoms with Crippen LogP contribution < -0.4 is 5.73 Å². The smallest absolute Gasteiger partial charge is 0.252 e. The summed E-state index contributed by atoms with van der Waals surface area (Å²) in [6.07, 6.45) is -0.466. The lowest BCUT2D eigenvalue weighted by Gasteiger charge is -2.44. The minimum atomic E-state index is -2.57. The maximum atomic E-state index is 12.6. The highest BCUT2D eigenvalue weighted by atomic mass is 79.9. The summed E-state index contributed by atoms with van der Waals surface area (Å²) < 4.78 is 26.2. The number of hydrogen-bond acceptors (Lipinski definition) is 2. The first kappa shape index (κ1) is 9.55. The molecule has 5 heteroatoms. The fraction of sp³-hybridized carbons (Fsp3) is 0.500. The number of alkyl halides is 2. The van der Waals surface area contributed by atoms with Gasteiger partial charge in [-0.05, 0) is 32.9 Å². The molecule has 0 spiro atoms. The Morgan fingerprint density at radius 1 is 1.46 bits per heavy atom. The van der Waals surface area contributed by atoms with Gasteiger partial charge in [0.05, 0.1) is 9.33 Å². The molecule has 2 rings (SSSR count). The van der Waals surface area contributed by atoms with Crippen LogP contribution in [0.3, 0.4) is 0 Å². The number of nitrogens with two attached hydrogens (primary N) is 1. The Balaban J connectivity index is 2.20. The van der Waals surface area contributed by atoms with Crippen molar-refractivity contribution in [1.82, 2.24) is 0 Å². The number of halogens is 3. The topological polar surface area (TPSA) is 26.0 Å². The molecule has 0 bridgehead atoms. The van der Waals surface area contributed by atoms with E-state index in [9.17, 15) is 8.78 Å². The maximum absolute atomic E-state index is 12.6. The fourth-order valence-electron chi connectivity index (χ4n) is 1.65. The monoisotopic (exact) mass is 267 g/mol. The Morgan fingerprint density at radius 2 is 2.08 bits per heavy atom. The van der Waals surface area contributed by atoms with Gasteiger partial charge in [-0.3, -0.25) is 0 Å². The predicted octanol–water partition coefficient (Wildman–Crippen LogP) is 3.09. The molecule has 1 aromatic heterocycles. The van der Waals surface area contributed by atoms with E-state index in [2.05, 4.69) is 15.9 Å². The van der Waals surface area contributed by atoms with Crippen LogP contribution in [0.15, 0.2) is 15.2 Å². The van der Waals surface area contributed by atoms with E-state index in [1.54, 1.807) is 0 Å². The molecule has 1 nitrogen and oxygen atoms in total. The van der Waals surface area contributed by atoms with Crippen molar-refractivity contribution in [2.45, 2.75) is 24.3 Å². The van der Waals surface area contributed by atoms with Gasteiger partial charge in [-0.25, -0.2) is 8.78 Å². The molecule has 0 amide bonds. The van der Waals surface area contributed by atoms with Crippen molar-refractivity contribution in [1.29, 1.82) is 0 Å². The van der Waals surface area contributed by atoms with Crippen molar-refractivity contribution in [2.24, 2.45) is 5.73 Å². The van der Waals surface area contributed by atoms with Crippen LogP contribution in [0.1, 0.15) is 18.4 Å². The van der Waals surface area contributed by atoms with Gasteiger partial charge in [0.2, 0.25) is 0 Å². The van der Waals surface area contributed by atoms with E-state index < -0.39 is 11.5 Å². The first-order valence-electron chi connectivity index (χ1n) is 3.83. The molecule has 0 aromatic carbocycles. The second kappa shape index (κ2) is 2.74. The zero-order valence-corrected chi connectivity index (χ0v) is 9.09. The van der Waals surface area contributed by atoms with Crippen molar-refractivity contribution in [3.8, 4) is 0 Å². The molecule has 1 aliphatic carbocycles. The summed E-state index contributed by atoms with van der Waals surface area (Å²) in [6, 6.07) is 1.82. The molecule has 0 saturated heterocycles. The zero-order valence-electron chi connectivity index (χ0n) is 6.69. The molecule has 1 aliphatic rings. The highest BCUT2D eigenvalue weighted by molar-refractivity contribution is 9.11. The van der Waals surface area contributed by atoms with Crippen LogP contribution in [-0.4, -0.2) is 5.92 Å². The third kappa shape index (κ3) is 1.65. The van der Waals surface area contributed by atoms with E-state index in [0.717, 1.165) is 9.35 Å². The van der Waals surface area contributed by atoms with E-state index in [1.807, 2.05) is 11.4 Å². The van der Waals surface area contributed by atoms with Gasteiger partial charge in [-0.15, -0.1) is 11.3 Å². The Kier molecular flexibility index (Phi) is 2.02. The zero-order chi connectivity index (χ0) is 9.69. The summed E-state index contributed by atoms with van der Waals surface area (Å²) in [7, 11) is 0. The van der Waals surface area contributed by atoms with E-state index in [-0.39, 0.29) is 12.8 Å². The Labute approximate surface area is 87.1 Å². The van der Waals surface area contributed by atoms with Crippen molar-refractivity contribution in [2.75, 3.05) is 0 Å². The molecule has 1 heterocycles. The van der Waals surface area contributed by atoms with Crippen molar-refractivity contribution in [3.05, 3.63) is 20.8 Å². The molecule has 0 aliphatic heterocycles. The van der Waals surface area contributed by atoms with Gasteiger partial charge in [0.25, 0.3) is 5.92 Å². The lowest BCUT2D eigenvalue weighted by molar-refractivity contribution is -0.124. The standard InChI is InChI=1S/C8H8BrF2NS/c9-6-1-5(2-13-6)7(12)3-8(10,11)4-7/h1-2H,3-4,12H2. The average molecular weight is 268 g/mol. The van der Waals surface area contributed by atoms with Crippen LogP contribution in [-0.2, 0) is 5.54 Å². The van der Waals surface area contributed by atoms with E-state index in [1.165, 1.54) is 11.3 Å². The summed E-state index contributed by atoms with van der Waals surface area (Å²) in [5, 5.41) is 1.83. The Hall–Kier alpha value is -0.000000000000000111. The van der Waals surface area contributed by atoms with E-state index in [4.69, 9.17) is 5.73 Å². The highest BCUT2D eigenvalue weighted by Crippen LogP contribution is 2.50. The van der Waals surface area contributed by atoms with Gasteiger partial charge in [-0.2, -0.15) is 0 Å². The minimum absolute atomic E-state index is 0.233. The largest absolute Gasteiger partial charge is 0.321 e. The number of hydrogen-bond donors (Lipinski definition) is 1. The molecule has 1 fully saturated rings. The highest BCUT2D eigenvalue weighted by Gasteiger charge is 2.55. The third-order valence-corrected chi connectivity index (χ3v) is 3.79. The van der Waals surface area contributed by atoms with E-state index in [0.29, 0.717) is 0 Å². The first-order chi connectivity index (χ1) is 5.91. The van der Waals surface area contributed by atoms with Gasteiger partial charge in [0, 0.05) is 12.8 Å². The van der Waals surface area contributed by atoms with Crippen LogP contribution in [0.25, 0.3) is 0 Å². The summed E-state index contributed by atoms with van der Waals surface area (Å²) >= 11 is 4.75. The Bertz CT molecular complexity index is 329. The van der Waals surface area contributed by atoms with Crippen molar-refractivity contribution in [3.63, 3.8) is 0 Å². The molecule has 1 aromatic rings. The molecule has 72 valence electrons. The predicted molar refractivity (Wildman–Crippen MR) is 52.1 cm³/mol. The molecular formula is C8H8BrF2NS. The van der Waals surface area contributed by atoms with E-state index >= 15 is 0 Å². The SMILES string of the molecule is NC1(c2csc(Br)c2)CC(F)(F)C1. The summed E-state index contributed by atoms with van der Waals surface area (Å²) in [5.41, 5.74) is 5.83. The minimum Gasteiger partial charge on any atom is -0.321 e. The van der Waals surface area contributed by atoms with Gasteiger partial charge in [0.15, 0.2) is 0 Å². The van der Waals surface area contributed by atoms with Crippen molar-refractivity contribution < 1.29 is 8.78 Å². The number of thiophene rings is 1. The molecule has 0 radical (unpaired) electrons. The number of rotatable bonds is 1. The van der Waals surface area contributed by atoms with Gasteiger partial charge < -0.3 is 5.73 Å². The lowest BCUT2D eigenvalue weighted by atomic mass is 9.71. The summed E-state index contributed by atoms with van der Waals surface area (Å²) in [6.45, 7) is 0. The molecule has 0 unspecified atom stereocenters. The molecule has 1 saturated carbocycles. The van der Waals surface area contributed by atoms with Crippen LogP contribution in [0, 0.1) is 0 Å². The second-order valence-electron chi connectivity index (χ2n) is 3.51. The van der Waals surface area contributed by atoms with Gasteiger partial charge in [0.1, 0.15) is 0 Å².